The third kappa shape index (κ3) is 1.85. The molecule has 0 aliphatic carbocycles. The second-order valence-corrected chi connectivity index (χ2v) is 3.77. The maximum Gasteiger partial charge on any atom is 0.222 e. The van der Waals surface area contributed by atoms with Crippen molar-refractivity contribution in [2.24, 2.45) is 0 Å². The Morgan fingerprint density at radius 3 is 2.27 bits per heavy atom. The number of nitrogens with two attached hydrogens (primary N) is 1. The number of anilines is 1. The molecule has 3 nitrogen and oxygen atoms in total. The lowest BCUT2D eigenvalue weighted by Gasteiger charge is -2.01. The van der Waals surface area contributed by atoms with Gasteiger partial charge in [0.1, 0.15) is 17.3 Å². The molecule has 0 saturated carbocycles. The number of halogens is 3. The van der Waals surface area contributed by atoms with Crippen LogP contribution in [0.25, 0.3) is 11.3 Å². The van der Waals surface area contributed by atoms with Crippen molar-refractivity contribution in [1.82, 2.24) is 5.16 Å². The minimum absolute atomic E-state index is 0.00622. The molecule has 0 spiro atoms. The molecule has 0 aliphatic heterocycles. The molecule has 78 valence electrons. The van der Waals surface area contributed by atoms with Crippen molar-refractivity contribution in [3.8, 4) is 11.3 Å². The quantitative estimate of drug-likeness (QED) is 0.870. The summed E-state index contributed by atoms with van der Waals surface area (Å²) in [6.07, 6.45) is 0. The van der Waals surface area contributed by atoms with E-state index >= 15 is 0 Å². The van der Waals surface area contributed by atoms with Gasteiger partial charge in [0.25, 0.3) is 0 Å². The fourth-order valence-corrected chi connectivity index (χ4v) is 1.60. The van der Waals surface area contributed by atoms with Crippen LogP contribution in [0.1, 0.15) is 0 Å². The summed E-state index contributed by atoms with van der Waals surface area (Å²) in [5.41, 5.74) is 5.05. The van der Waals surface area contributed by atoms with Gasteiger partial charge < -0.3 is 10.3 Å². The highest BCUT2D eigenvalue weighted by Crippen LogP contribution is 2.28. The molecular formula is C9H5BrF2N2O. The summed E-state index contributed by atoms with van der Waals surface area (Å²) < 4.78 is 31.7. The number of nitrogen functional groups attached to an aromatic ring is 1. The van der Waals surface area contributed by atoms with E-state index < -0.39 is 11.6 Å². The molecule has 15 heavy (non-hydrogen) atoms. The summed E-state index contributed by atoms with van der Waals surface area (Å²) in [5.74, 6) is -1.45. The molecule has 2 rings (SSSR count). The number of aromatic nitrogens is 1. The zero-order valence-corrected chi connectivity index (χ0v) is 8.88. The zero-order chi connectivity index (χ0) is 11.0. The predicted octanol–water partition coefficient (Wildman–Crippen LogP) is 2.96. The lowest BCUT2D eigenvalue weighted by Crippen LogP contribution is -1.90. The van der Waals surface area contributed by atoms with Crippen LogP contribution in [-0.2, 0) is 0 Å². The van der Waals surface area contributed by atoms with E-state index in [9.17, 15) is 8.78 Å². The van der Waals surface area contributed by atoms with E-state index in [4.69, 9.17) is 5.73 Å². The fraction of sp³-hybridized carbons (Fsp3) is 0. The molecule has 0 unspecified atom stereocenters. The van der Waals surface area contributed by atoms with Crippen LogP contribution in [0.2, 0.25) is 0 Å². The van der Waals surface area contributed by atoms with Crippen molar-refractivity contribution < 1.29 is 13.3 Å². The van der Waals surface area contributed by atoms with Crippen LogP contribution >= 0.6 is 15.9 Å². The minimum atomic E-state index is -0.727. The van der Waals surface area contributed by atoms with Gasteiger partial charge in [-0.1, -0.05) is 21.1 Å². The Labute approximate surface area is 92.0 Å². The summed E-state index contributed by atoms with van der Waals surface area (Å²) in [4.78, 5) is 0. The number of rotatable bonds is 1. The van der Waals surface area contributed by atoms with Gasteiger partial charge in [-0.05, 0) is 12.1 Å². The Morgan fingerprint density at radius 1 is 1.20 bits per heavy atom. The van der Waals surface area contributed by atoms with Gasteiger partial charge in [-0.2, -0.15) is 0 Å². The smallest absolute Gasteiger partial charge is 0.222 e. The molecule has 1 heterocycles. The summed E-state index contributed by atoms with van der Waals surface area (Å²) in [5, 5.41) is 3.44. The van der Waals surface area contributed by atoms with Crippen LogP contribution in [0.3, 0.4) is 0 Å². The average molecular weight is 275 g/mol. The highest BCUT2D eigenvalue weighted by molar-refractivity contribution is 9.10. The van der Waals surface area contributed by atoms with E-state index in [1.165, 1.54) is 6.07 Å². The van der Waals surface area contributed by atoms with Crippen LogP contribution < -0.4 is 5.73 Å². The maximum atomic E-state index is 13.4. The first-order valence-corrected chi connectivity index (χ1v) is 4.74. The van der Waals surface area contributed by atoms with Crippen molar-refractivity contribution in [3.63, 3.8) is 0 Å². The van der Waals surface area contributed by atoms with E-state index in [-0.39, 0.29) is 17.1 Å². The first kappa shape index (κ1) is 10.1. The fourth-order valence-electron chi connectivity index (χ4n) is 1.19. The topological polar surface area (TPSA) is 52.0 Å². The van der Waals surface area contributed by atoms with E-state index in [0.717, 1.165) is 12.1 Å². The molecule has 2 N–H and O–H groups in total. The van der Waals surface area contributed by atoms with Gasteiger partial charge in [0.15, 0.2) is 0 Å². The summed E-state index contributed by atoms with van der Waals surface area (Å²) >= 11 is 2.98. The Morgan fingerprint density at radius 2 is 1.80 bits per heavy atom. The molecule has 0 radical (unpaired) electrons. The second-order valence-electron chi connectivity index (χ2n) is 2.86. The van der Waals surface area contributed by atoms with Gasteiger partial charge >= 0.3 is 0 Å². The Kier molecular flexibility index (Phi) is 2.44. The number of nitrogens with zero attached hydrogens (tertiary/aromatic N) is 1. The first-order valence-electron chi connectivity index (χ1n) is 3.95. The molecule has 0 amide bonds. The largest absolute Gasteiger partial charge is 0.368 e. The SMILES string of the molecule is Nc1cc(-c2c(F)cc(Br)cc2F)no1. The Hall–Kier alpha value is -1.43. The number of benzene rings is 1. The van der Waals surface area contributed by atoms with Crippen molar-refractivity contribution in [1.29, 1.82) is 0 Å². The molecule has 0 aliphatic rings. The Balaban J connectivity index is 2.62. The monoisotopic (exact) mass is 274 g/mol. The highest BCUT2D eigenvalue weighted by atomic mass is 79.9. The van der Waals surface area contributed by atoms with Crippen LogP contribution in [0, 0.1) is 11.6 Å². The summed E-state index contributed by atoms with van der Waals surface area (Å²) in [6.45, 7) is 0. The number of hydrogen-bond donors (Lipinski definition) is 1. The Bertz CT molecular complexity index is 490. The van der Waals surface area contributed by atoms with Gasteiger partial charge in [0.05, 0.1) is 5.56 Å². The van der Waals surface area contributed by atoms with Gasteiger partial charge in [0.2, 0.25) is 5.88 Å². The molecule has 2 aromatic rings. The summed E-state index contributed by atoms with van der Waals surface area (Å²) in [7, 11) is 0. The average Bonchev–Trinajstić information content (AvgIpc) is 2.49. The predicted molar refractivity (Wildman–Crippen MR) is 54.0 cm³/mol. The summed E-state index contributed by atoms with van der Waals surface area (Å²) in [6, 6.07) is 3.54. The van der Waals surface area contributed by atoms with Crippen LogP contribution in [0.15, 0.2) is 27.2 Å². The maximum absolute atomic E-state index is 13.4. The molecule has 0 bridgehead atoms. The molecule has 1 aromatic heterocycles. The minimum Gasteiger partial charge on any atom is -0.368 e. The molecule has 6 heteroatoms. The van der Waals surface area contributed by atoms with Crippen molar-refractivity contribution >= 4 is 21.8 Å². The van der Waals surface area contributed by atoms with Crippen LogP contribution in [0.4, 0.5) is 14.7 Å². The lowest BCUT2D eigenvalue weighted by molar-refractivity contribution is 0.438. The first-order chi connectivity index (χ1) is 7.08. The molecule has 0 saturated heterocycles. The van der Waals surface area contributed by atoms with E-state index in [0.29, 0.717) is 4.47 Å². The molecule has 0 fully saturated rings. The van der Waals surface area contributed by atoms with Crippen LogP contribution in [-0.4, -0.2) is 5.16 Å². The van der Waals surface area contributed by atoms with Crippen molar-refractivity contribution in [2.75, 3.05) is 5.73 Å². The normalized spacial score (nSPS) is 10.6. The van der Waals surface area contributed by atoms with Gasteiger partial charge in [-0.25, -0.2) is 8.78 Å². The second kappa shape index (κ2) is 3.62. The van der Waals surface area contributed by atoms with Crippen molar-refractivity contribution in [2.45, 2.75) is 0 Å². The van der Waals surface area contributed by atoms with E-state index in [1.807, 2.05) is 0 Å². The third-order valence-corrected chi connectivity index (χ3v) is 2.25. The number of hydrogen-bond acceptors (Lipinski definition) is 3. The zero-order valence-electron chi connectivity index (χ0n) is 7.30. The molecular weight excluding hydrogens is 270 g/mol. The lowest BCUT2D eigenvalue weighted by atomic mass is 10.1. The van der Waals surface area contributed by atoms with E-state index in [2.05, 4.69) is 25.6 Å². The molecule has 0 atom stereocenters. The van der Waals surface area contributed by atoms with Gasteiger partial charge in [0, 0.05) is 10.5 Å². The van der Waals surface area contributed by atoms with Gasteiger partial charge in [-0.15, -0.1) is 0 Å². The van der Waals surface area contributed by atoms with Gasteiger partial charge in [-0.3, -0.25) is 0 Å². The molecule has 1 aromatic carbocycles. The highest BCUT2D eigenvalue weighted by Gasteiger charge is 2.16. The van der Waals surface area contributed by atoms with Crippen molar-refractivity contribution in [3.05, 3.63) is 34.3 Å². The van der Waals surface area contributed by atoms with E-state index in [1.54, 1.807) is 0 Å². The van der Waals surface area contributed by atoms with Crippen LogP contribution in [0.5, 0.6) is 0 Å². The standard InChI is InChI=1S/C9H5BrF2N2O/c10-4-1-5(11)9(6(12)2-4)7-3-8(13)15-14-7/h1-3H,13H2. The third-order valence-electron chi connectivity index (χ3n) is 1.79.